The van der Waals surface area contributed by atoms with E-state index in [9.17, 15) is 9.59 Å². The van der Waals surface area contributed by atoms with Gasteiger partial charge in [0.1, 0.15) is 6.04 Å². The van der Waals surface area contributed by atoms with Crippen molar-refractivity contribution in [1.29, 1.82) is 0 Å². The topological polar surface area (TPSA) is 63.9 Å². The van der Waals surface area contributed by atoms with Gasteiger partial charge in [-0.25, -0.2) is 4.98 Å². The standard InChI is InChI=1S/C13H15N3O3S/c1-19-12(18)10-3-2-4-15(10)8-9-7-11(17)16-5-6-20-13(16)14-9/h5-7,10H,2-4,8H2,1H3. The van der Waals surface area contributed by atoms with Crippen LogP contribution in [-0.2, 0) is 16.1 Å². The number of nitrogens with zero attached hydrogens (tertiary/aromatic N) is 3. The van der Waals surface area contributed by atoms with Gasteiger partial charge in [0, 0.05) is 24.2 Å². The van der Waals surface area contributed by atoms with Crippen molar-refractivity contribution >= 4 is 22.3 Å². The van der Waals surface area contributed by atoms with Gasteiger partial charge in [0.05, 0.1) is 12.8 Å². The summed E-state index contributed by atoms with van der Waals surface area (Å²) in [5.41, 5.74) is 0.619. The van der Waals surface area contributed by atoms with Gasteiger partial charge >= 0.3 is 5.97 Å². The third-order valence-electron chi connectivity index (χ3n) is 3.56. The van der Waals surface area contributed by atoms with Gasteiger partial charge in [-0.05, 0) is 19.4 Å². The van der Waals surface area contributed by atoms with E-state index < -0.39 is 0 Å². The fraction of sp³-hybridized carbons (Fsp3) is 0.462. The molecule has 3 heterocycles. The monoisotopic (exact) mass is 293 g/mol. The van der Waals surface area contributed by atoms with Gasteiger partial charge in [-0.3, -0.25) is 18.9 Å². The van der Waals surface area contributed by atoms with Crippen molar-refractivity contribution in [3.05, 3.63) is 33.7 Å². The maximum Gasteiger partial charge on any atom is 0.323 e. The van der Waals surface area contributed by atoms with Gasteiger partial charge in [0.25, 0.3) is 5.56 Å². The van der Waals surface area contributed by atoms with Gasteiger partial charge in [0.15, 0.2) is 4.96 Å². The molecule has 1 aliphatic rings. The van der Waals surface area contributed by atoms with Crippen LogP contribution in [0.4, 0.5) is 0 Å². The van der Waals surface area contributed by atoms with E-state index >= 15 is 0 Å². The number of thiazole rings is 1. The lowest BCUT2D eigenvalue weighted by atomic mass is 10.2. The van der Waals surface area contributed by atoms with Crippen LogP contribution in [0.5, 0.6) is 0 Å². The highest BCUT2D eigenvalue weighted by Gasteiger charge is 2.31. The summed E-state index contributed by atoms with van der Waals surface area (Å²) in [4.78, 5) is 30.8. The molecule has 2 aromatic rings. The molecule has 1 unspecified atom stereocenters. The van der Waals surface area contributed by atoms with Crippen LogP contribution >= 0.6 is 11.3 Å². The molecule has 106 valence electrons. The Hall–Kier alpha value is -1.73. The molecule has 0 aliphatic carbocycles. The van der Waals surface area contributed by atoms with Crippen LogP contribution in [0.25, 0.3) is 4.96 Å². The second-order valence-corrected chi connectivity index (χ2v) is 5.67. The molecule has 1 fully saturated rings. The minimum Gasteiger partial charge on any atom is -0.468 e. The van der Waals surface area contributed by atoms with Gasteiger partial charge in [-0.1, -0.05) is 0 Å². The summed E-state index contributed by atoms with van der Waals surface area (Å²) < 4.78 is 6.34. The number of hydrogen-bond acceptors (Lipinski definition) is 6. The Morgan fingerprint density at radius 3 is 3.25 bits per heavy atom. The smallest absolute Gasteiger partial charge is 0.323 e. The summed E-state index contributed by atoms with van der Waals surface area (Å²) in [6.07, 6.45) is 3.47. The van der Waals surface area contributed by atoms with E-state index in [1.165, 1.54) is 28.9 Å². The van der Waals surface area contributed by atoms with Crippen molar-refractivity contribution in [1.82, 2.24) is 14.3 Å². The lowest BCUT2D eigenvalue weighted by Gasteiger charge is -2.21. The van der Waals surface area contributed by atoms with Crippen LogP contribution < -0.4 is 5.56 Å². The van der Waals surface area contributed by atoms with E-state index in [4.69, 9.17) is 4.74 Å². The molecule has 0 N–H and O–H groups in total. The largest absolute Gasteiger partial charge is 0.468 e. The average Bonchev–Trinajstić information content (AvgIpc) is 3.07. The highest BCUT2D eigenvalue weighted by atomic mass is 32.1. The molecule has 1 saturated heterocycles. The van der Waals surface area contributed by atoms with Gasteiger partial charge < -0.3 is 4.74 Å². The first-order valence-corrected chi connectivity index (χ1v) is 7.34. The third kappa shape index (κ3) is 2.34. The molecule has 0 spiro atoms. The predicted molar refractivity (Wildman–Crippen MR) is 74.8 cm³/mol. The Kier molecular flexibility index (Phi) is 3.54. The number of fused-ring (bicyclic) bond motifs is 1. The second kappa shape index (κ2) is 5.34. The number of hydrogen-bond donors (Lipinski definition) is 0. The third-order valence-corrected chi connectivity index (χ3v) is 4.31. The maximum atomic E-state index is 11.9. The Morgan fingerprint density at radius 1 is 1.60 bits per heavy atom. The number of esters is 1. The first-order valence-electron chi connectivity index (χ1n) is 6.46. The lowest BCUT2D eigenvalue weighted by Crippen LogP contribution is -2.36. The number of methoxy groups -OCH3 is 1. The van der Waals surface area contributed by atoms with Crippen LogP contribution in [0.3, 0.4) is 0 Å². The summed E-state index contributed by atoms with van der Waals surface area (Å²) in [7, 11) is 1.40. The van der Waals surface area contributed by atoms with Crippen molar-refractivity contribution in [2.75, 3.05) is 13.7 Å². The second-order valence-electron chi connectivity index (χ2n) is 4.79. The summed E-state index contributed by atoms with van der Waals surface area (Å²) in [6.45, 7) is 1.33. The Morgan fingerprint density at radius 2 is 2.45 bits per heavy atom. The molecule has 0 amide bonds. The SMILES string of the molecule is COC(=O)C1CCCN1Cc1cc(=O)n2ccsc2n1. The fourth-order valence-electron chi connectivity index (χ4n) is 2.60. The zero-order valence-electron chi connectivity index (χ0n) is 11.1. The number of ether oxygens (including phenoxy) is 1. The van der Waals surface area contributed by atoms with Crippen LogP contribution in [-0.4, -0.2) is 40.0 Å². The van der Waals surface area contributed by atoms with Gasteiger partial charge in [-0.2, -0.15) is 0 Å². The highest BCUT2D eigenvalue weighted by Crippen LogP contribution is 2.20. The van der Waals surface area contributed by atoms with E-state index in [1.807, 2.05) is 10.3 Å². The maximum absolute atomic E-state index is 11.9. The molecule has 0 aromatic carbocycles. The molecule has 6 nitrogen and oxygen atoms in total. The Labute approximate surface area is 119 Å². The summed E-state index contributed by atoms with van der Waals surface area (Å²) in [6, 6.07) is 1.32. The van der Waals surface area contributed by atoms with E-state index in [2.05, 4.69) is 4.98 Å². The van der Waals surface area contributed by atoms with Gasteiger partial charge in [-0.15, -0.1) is 11.3 Å². The van der Waals surface area contributed by atoms with Crippen LogP contribution in [0.2, 0.25) is 0 Å². The van der Waals surface area contributed by atoms with Gasteiger partial charge in [0.2, 0.25) is 0 Å². The molecular weight excluding hydrogens is 278 g/mol. The van der Waals surface area contributed by atoms with Crippen LogP contribution in [0, 0.1) is 0 Å². The highest BCUT2D eigenvalue weighted by molar-refractivity contribution is 7.15. The van der Waals surface area contributed by atoms with Crippen molar-refractivity contribution in [2.24, 2.45) is 0 Å². The van der Waals surface area contributed by atoms with Crippen molar-refractivity contribution in [3.8, 4) is 0 Å². The molecule has 1 aliphatic heterocycles. The van der Waals surface area contributed by atoms with E-state index in [-0.39, 0.29) is 17.6 Å². The predicted octanol–water partition coefficient (Wildman–Crippen LogP) is 0.893. The van der Waals surface area contributed by atoms with Crippen molar-refractivity contribution in [3.63, 3.8) is 0 Å². The number of aromatic nitrogens is 2. The molecule has 2 aromatic heterocycles. The molecule has 0 bridgehead atoms. The number of carbonyl (C=O) groups is 1. The summed E-state index contributed by atoms with van der Waals surface area (Å²) in [5, 5.41) is 1.83. The molecule has 7 heteroatoms. The van der Waals surface area contributed by atoms with Crippen molar-refractivity contribution < 1.29 is 9.53 Å². The number of likely N-dealkylation sites (tertiary alicyclic amines) is 1. The zero-order valence-corrected chi connectivity index (χ0v) is 11.9. The minimum absolute atomic E-state index is 0.0833. The number of carbonyl (C=O) groups excluding carboxylic acids is 1. The summed E-state index contributed by atoms with van der Waals surface area (Å²) >= 11 is 1.43. The van der Waals surface area contributed by atoms with E-state index in [0.29, 0.717) is 17.2 Å². The van der Waals surface area contributed by atoms with Crippen LogP contribution in [0.1, 0.15) is 18.5 Å². The zero-order chi connectivity index (χ0) is 14.1. The lowest BCUT2D eigenvalue weighted by molar-refractivity contribution is -0.146. The average molecular weight is 293 g/mol. The molecule has 0 radical (unpaired) electrons. The normalized spacial score (nSPS) is 19.6. The van der Waals surface area contributed by atoms with Crippen LogP contribution in [0.15, 0.2) is 22.4 Å². The van der Waals surface area contributed by atoms with Crippen molar-refractivity contribution in [2.45, 2.75) is 25.4 Å². The Bertz CT molecular complexity index is 693. The quantitative estimate of drug-likeness (QED) is 0.787. The fourth-order valence-corrected chi connectivity index (χ4v) is 3.33. The first kappa shape index (κ1) is 13.3. The molecule has 20 heavy (non-hydrogen) atoms. The van der Waals surface area contributed by atoms with E-state index in [1.54, 1.807) is 6.20 Å². The molecular formula is C13H15N3O3S. The van der Waals surface area contributed by atoms with E-state index in [0.717, 1.165) is 19.4 Å². The summed E-state index contributed by atoms with van der Waals surface area (Å²) in [5.74, 6) is -0.212. The Balaban J connectivity index is 1.85. The first-order chi connectivity index (χ1) is 9.69. The number of rotatable bonds is 3. The molecule has 0 saturated carbocycles. The molecule has 3 rings (SSSR count). The minimum atomic E-state index is -0.219. The molecule has 1 atom stereocenters.